The van der Waals surface area contributed by atoms with Crippen molar-refractivity contribution in [3.05, 3.63) is 39.8 Å². The molecule has 0 atom stereocenters. The molecule has 0 amide bonds. The summed E-state index contributed by atoms with van der Waals surface area (Å²) in [5, 5.41) is 3.77. The van der Waals surface area contributed by atoms with Crippen LogP contribution in [-0.4, -0.2) is 6.54 Å². The number of nitrogens with one attached hydrogen (secondary N) is 1. The van der Waals surface area contributed by atoms with Crippen molar-refractivity contribution in [2.45, 2.75) is 6.92 Å². The van der Waals surface area contributed by atoms with Crippen LogP contribution in [0.1, 0.15) is 5.56 Å². The van der Waals surface area contributed by atoms with Crippen LogP contribution in [0.25, 0.3) is 0 Å². The highest BCUT2D eigenvalue weighted by atomic mass is 79.9. The van der Waals surface area contributed by atoms with E-state index in [-0.39, 0.29) is 0 Å². The average molecular weight is 261 g/mol. The molecule has 3 heteroatoms. The number of aryl methyl sites for hydroxylation is 1. The first-order chi connectivity index (χ1) is 6.09. The topological polar surface area (TPSA) is 12.0 Å². The van der Waals surface area contributed by atoms with Crippen LogP contribution in [0.3, 0.4) is 0 Å². The molecule has 0 aliphatic rings. The van der Waals surface area contributed by atoms with Gasteiger partial charge in [-0.2, -0.15) is 0 Å². The van der Waals surface area contributed by atoms with E-state index in [1.165, 1.54) is 5.56 Å². The quantitative estimate of drug-likeness (QED) is 0.868. The smallest absolute Gasteiger partial charge is 0.0501 e. The maximum atomic E-state index is 5.63. The van der Waals surface area contributed by atoms with E-state index in [4.69, 9.17) is 11.6 Å². The van der Waals surface area contributed by atoms with Crippen LogP contribution in [-0.2, 0) is 0 Å². The zero-order valence-electron chi connectivity index (χ0n) is 7.40. The van der Waals surface area contributed by atoms with E-state index in [1.54, 1.807) is 0 Å². The molecule has 0 radical (unpaired) electrons. The molecule has 0 saturated carbocycles. The third-order valence-electron chi connectivity index (χ3n) is 1.64. The van der Waals surface area contributed by atoms with Gasteiger partial charge in [0.25, 0.3) is 0 Å². The summed E-state index contributed by atoms with van der Waals surface area (Å²) in [5.74, 6) is 0. The van der Waals surface area contributed by atoms with Crippen molar-refractivity contribution in [1.29, 1.82) is 0 Å². The maximum absolute atomic E-state index is 5.63. The summed E-state index contributed by atoms with van der Waals surface area (Å²) in [7, 11) is 0. The number of hydrogen-bond acceptors (Lipinski definition) is 1. The Morgan fingerprint density at radius 1 is 1.62 bits per heavy atom. The van der Waals surface area contributed by atoms with Gasteiger partial charge in [0.05, 0.1) is 6.54 Å². The van der Waals surface area contributed by atoms with Crippen LogP contribution in [0, 0.1) is 6.92 Å². The Kier molecular flexibility index (Phi) is 3.82. The van der Waals surface area contributed by atoms with Gasteiger partial charge < -0.3 is 5.32 Å². The second-order valence-electron chi connectivity index (χ2n) is 2.83. The molecule has 0 heterocycles. The minimum atomic E-state index is 0.600. The van der Waals surface area contributed by atoms with Crippen LogP contribution >= 0.6 is 27.5 Å². The lowest BCUT2D eigenvalue weighted by Gasteiger charge is -2.06. The van der Waals surface area contributed by atoms with Crippen molar-refractivity contribution >= 4 is 33.2 Å². The van der Waals surface area contributed by atoms with E-state index >= 15 is 0 Å². The predicted octanol–water partition coefficient (Wildman–Crippen LogP) is 3.92. The molecule has 1 aromatic rings. The molecule has 0 saturated heterocycles. The molecule has 1 nitrogen and oxygen atoms in total. The van der Waals surface area contributed by atoms with Crippen molar-refractivity contribution in [1.82, 2.24) is 0 Å². The summed E-state index contributed by atoms with van der Waals surface area (Å²) in [5.41, 5.74) is 2.26. The van der Waals surface area contributed by atoms with E-state index in [0.29, 0.717) is 11.6 Å². The summed E-state index contributed by atoms with van der Waals surface area (Å²) < 4.78 is 1.11. The molecule has 13 heavy (non-hydrogen) atoms. The summed E-state index contributed by atoms with van der Waals surface area (Å²) >= 11 is 9.07. The first-order valence-electron chi connectivity index (χ1n) is 3.93. The van der Waals surface area contributed by atoms with Crippen LogP contribution in [0.5, 0.6) is 0 Å². The monoisotopic (exact) mass is 259 g/mol. The molecule has 0 spiro atoms. The number of halogens is 2. The zero-order valence-corrected chi connectivity index (χ0v) is 9.74. The molecule has 0 aliphatic heterocycles. The second kappa shape index (κ2) is 4.68. The van der Waals surface area contributed by atoms with Gasteiger partial charge in [-0.15, -0.1) is 0 Å². The Morgan fingerprint density at radius 2 is 2.31 bits per heavy atom. The Hall–Kier alpha value is -0.470. The van der Waals surface area contributed by atoms with Crippen LogP contribution in [0.15, 0.2) is 34.3 Å². The molecule has 0 unspecified atom stereocenters. The third-order valence-corrected chi connectivity index (χ3v) is 2.67. The molecule has 0 bridgehead atoms. The van der Waals surface area contributed by atoms with E-state index < -0.39 is 0 Å². The van der Waals surface area contributed by atoms with Gasteiger partial charge in [-0.25, -0.2) is 0 Å². The fraction of sp³-hybridized carbons (Fsp3) is 0.200. The highest BCUT2D eigenvalue weighted by molar-refractivity contribution is 9.10. The third kappa shape index (κ3) is 3.41. The first-order valence-corrected chi connectivity index (χ1v) is 5.10. The predicted molar refractivity (Wildman–Crippen MR) is 62.4 cm³/mol. The number of rotatable bonds is 3. The summed E-state index contributed by atoms with van der Waals surface area (Å²) in [6.45, 7) is 6.25. The summed E-state index contributed by atoms with van der Waals surface area (Å²) in [4.78, 5) is 0. The minimum Gasteiger partial charge on any atom is -0.380 e. The van der Waals surface area contributed by atoms with Crippen molar-refractivity contribution in [3.8, 4) is 0 Å². The number of benzene rings is 1. The standard InChI is InChI=1S/C10H11BrClN/c1-7-5-9(3-4-10(7)11)13-6-8(2)12/h3-5,13H,2,6H2,1H3. The van der Waals surface area contributed by atoms with E-state index in [1.807, 2.05) is 19.1 Å². The second-order valence-corrected chi connectivity index (χ2v) is 4.22. The highest BCUT2D eigenvalue weighted by Crippen LogP contribution is 2.20. The Labute approximate surface area is 91.9 Å². The molecule has 0 aromatic heterocycles. The van der Waals surface area contributed by atoms with Gasteiger partial charge in [0, 0.05) is 15.2 Å². The van der Waals surface area contributed by atoms with Crippen molar-refractivity contribution in [2.24, 2.45) is 0 Å². The van der Waals surface area contributed by atoms with E-state index in [2.05, 4.69) is 33.9 Å². The largest absolute Gasteiger partial charge is 0.380 e. The molecule has 70 valence electrons. The SMILES string of the molecule is C=C(Cl)CNc1ccc(Br)c(C)c1. The first kappa shape index (κ1) is 10.6. The van der Waals surface area contributed by atoms with Gasteiger partial charge >= 0.3 is 0 Å². The van der Waals surface area contributed by atoms with Gasteiger partial charge in [-0.05, 0) is 30.7 Å². The van der Waals surface area contributed by atoms with Gasteiger partial charge in [0.2, 0.25) is 0 Å². The molecular formula is C10H11BrClN. The summed E-state index contributed by atoms with van der Waals surface area (Å²) in [6, 6.07) is 6.06. The fourth-order valence-electron chi connectivity index (χ4n) is 0.953. The molecular weight excluding hydrogens is 249 g/mol. The molecule has 1 aromatic carbocycles. The lowest BCUT2D eigenvalue weighted by atomic mass is 10.2. The maximum Gasteiger partial charge on any atom is 0.0501 e. The number of anilines is 1. The Bertz CT molecular complexity index is 323. The fourth-order valence-corrected chi connectivity index (χ4v) is 1.27. The van der Waals surface area contributed by atoms with Crippen molar-refractivity contribution in [3.63, 3.8) is 0 Å². The highest BCUT2D eigenvalue weighted by Gasteiger charge is 1.96. The van der Waals surface area contributed by atoms with Crippen molar-refractivity contribution in [2.75, 3.05) is 11.9 Å². The zero-order chi connectivity index (χ0) is 9.84. The van der Waals surface area contributed by atoms with E-state index in [9.17, 15) is 0 Å². The minimum absolute atomic E-state index is 0.600. The lowest BCUT2D eigenvalue weighted by molar-refractivity contribution is 1.30. The normalized spacial score (nSPS) is 9.77. The average Bonchev–Trinajstić information content (AvgIpc) is 2.07. The van der Waals surface area contributed by atoms with Gasteiger partial charge in [0.15, 0.2) is 0 Å². The van der Waals surface area contributed by atoms with Crippen LogP contribution in [0.4, 0.5) is 5.69 Å². The molecule has 1 N–H and O–H groups in total. The van der Waals surface area contributed by atoms with Crippen LogP contribution < -0.4 is 5.32 Å². The van der Waals surface area contributed by atoms with Crippen molar-refractivity contribution < 1.29 is 0 Å². The van der Waals surface area contributed by atoms with Crippen LogP contribution in [0.2, 0.25) is 0 Å². The summed E-state index contributed by atoms with van der Waals surface area (Å²) in [6.07, 6.45) is 0. The van der Waals surface area contributed by atoms with Gasteiger partial charge in [-0.1, -0.05) is 34.1 Å². The molecule has 1 rings (SSSR count). The van der Waals surface area contributed by atoms with Gasteiger partial charge in [0.1, 0.15) is 0 Å². The Morgan fingerprint density at radius 3 is 2.85 bits per heavy atom. The number of hydrogen-bond donors (Lipinski definition) is 1. The lowest BCUT2D eigenvalue weighted by Crippen LogP contribution is -2.00. The molecule has 0 fully saturated rings. The Balaban J connectivity index is 2.68. The molecule has 0 aliphatic carbocycles. The van der Waals surface area contributed by atoms with Gasteiger partial charge in [-0.3, -0.25) is 0 Å². The van der Waals surface area contributed by atoms with E-state index in [0.717, 1.165) is 10.2 Å².